The van der Waals surface area contributed by atoms with Gasteiger partial charge in [-0.15, -0.1) is 0 Å². The van der Waals surface area contributed by atoms with Crippen molar-refractivity contribution < 1.29 is 27.5 Å². The maximum absolute atomic E-state index is 14.0. The van der Waals surface area contributed by atoms with Crippen molar-refractivity contribution in [3.63, 3.8) is 0 Å². The van der Waals surface area contributed by atoms with Crippen molar-refractivity contribution in [2.24, 2.45) is 0 Å². The number of ether oxygens (including phenoxy) is 2. The molecule has 3 rings (SSSR count). The van der Waals surface area contributed by atoms with Gasteiger partial charge in [-0.2, -0.15) is 0 Å². The van der Waals surface area contributed by atoms with Crippen molar-refractivity contribution in [3.8, 4) is 11.5 Å². The molecule has 0 bridgehead atoms. The number of nitrogens with zero attached hydrogens (tertiary/aromatic N) is 2. The van der Waals surface area contributed by atoms with Gasteiger partial charge in [-0.1, -0.05) is 55.3 Å². The van der Waals surface area contributed by atoms with Gasteiger partial charge in [-0.25, -0.2) is 8.42 Å². The van der Waals surface area contributed by atoms with Crippen LogP contribution in [0.3, 0.4) is 0 Å². The van der Waals surface area contributed by atoms with Crippen LogP contribution in [0.25, 0.3) is 0 Å². The first kappa shape index (κ1) is 31.5. The molecule has 0 aliphatic heterocycles. The highest BCUT2D eigenvalue weighted by Crippen LogP contribution is 2.33. The predicted molar refractivity (Wildman–Crippen MR) is 160 cm³/mol. The van der Waals surface area contributed by atoms with Gasteiger partial charge in [0.15, 0.2) is 0 Å². The third-order valence-electron chi connectivity index (χ3n) is 6.75. The third kappa shape index (κ3) is 8.00. The zero-order valence-corrected chi connectivity index (χ0v) is 25.1. The Kier molecular flexibility index (Phi) is 11.2. The average Bonchev–Trinajstić information content (AvgIpc) is 2.99. The molecular weight excluding hydrogens is 542 g/mol. The standard InChI is InChI=1S/C31H39N3O6S/c1-6-7-20-32-31(36)24(3)33(21-25-14-12-23(2)13-15-25)30(35)22-34(28-10-8-9-11-29(28)40-5)41(37,38)27-18-16-26(39-4)17-19-27/h8-19,24H,6-7,20-22H2,1-5H3,(H,32,36). The fraction of sp³-hybridized carbons (Fsp3) is 0.355. The molecule has 41 heavy (non-hydrogen) atoms. The molecule has 3 aromatic rings. The fourth-order valence-electron chi connectivity index (χ4n) is 4.23. The molecule has 9 nitrogen and oxygen atoms in total. The van der Waals surface area contributed by atoms with Gasteiger partial charge in [-0.05, 0) is 62.2 Å². The summed E-state index contributed by atoms with van der Waals surface area (Å²) in [5.41, 5.74) is 2.08. The smallest absolute Gasteiger partial charge is 0.264 e. The lowest BCUT2D eigenvalue weighted by Gasteiger charge is -2.32. The number of para-hydroxylation sites is 2. The summed E-state index contributed by atoms with van der Waals surface area (Å²) in [7, 11) is -1.31. The number of methoxy groups -OCH3 is 2. The summed E-state index contributed by atoms with van der Waals surface area (Å²) in [6.07, 6.45) is 1.73. The van der Waals surface area contributed by atoms with Crippen LogP contribution in [-0.2, 0) is 26.2 Å². The lowest BCUT2D eigenvalue weighted by atomic mass is 10.1. The Morgan fingerprint density at radius 2 is 1.59 bits per heavy atom. The first-order chi connectivity index (χ1) is 19.6. The van der Waals surface area contributed by atoms with Crippen LogP contribution < -0.4 is 19.1 Å². The van der Waals surface area contributed by atoms with Crippen LogP contribution in [0.15, 0.2) is 77.7 Å². The zero-order valence-electron chi connectivity index (χ0n) is 24.3. The van der Waals surface area contributed by atoms with Crippen molar-refractivity contribution in [1.82, 2.24) is 10.2 Å². The summed E-state index contributed by atoms with van der Waals surface area (Å²) in [4.78, 5) is 28.5. The van der Waals surface area contributed by atoms with Gasteiger partial charge in [0.25, 0.3) is 10.0 Å². The second kappa shape index (κ2) is 14.5. The number of aryl methyl sites for hydroxylation is 1. The van der Waals surface area contributed by atoms with Crippen LogP contribution in [0.2, 0.25) is 0 Å². The minimum Gasteiger partial charge on any atom is -0.497 e. The molecule has 0 saturated carbocycles. The summed E-state index contributed by atoms with van der Waals surface area (Å²) >= 11 is 0. The fourth-order valence-corrected chi connectivity index (χ4v) is 5.66. The van der Waals surface area contributed by atoms with Crippen molar-refractivity contribution in [1.29, 1.82) is 0 Å². The summed E-state index contributed by atoms with van der Waals surface area (Å²) < 4.78 is 39.7. The summed E-state index contributed by atoms with van der Waals surface area (Å²) in [6.45, 7) is 5.71. The molecule has 3 aromatic carbocycles. The Bertz CT molecular complexity index is 1410. The van der Waals surface area contributed by atoms with Gasteiger partial charge < -0.3 is 19.7 Å². The Morgan fingerprint density at radius 3 is 2.20 bits per heavy atom. The van der Waals surface area contributed by atoms with Crippen LogP contribution in [0.5, 0.6) is 11.5 Å². The van der Waals surface area contributed by atoms with Crippen LogP contribution >= 0.6 is 0 Å². The minimum atomic E-state index is -4.23. The summed E-state index contributed by atoms with van der Waals surface area (Å²) in [6, 6.07) is 19.3. The molecule has 0 aromatic heterocycles. The number of hydrogen-bond donors (Lipinski definition) is 1. The molecule has 0 heterocycles. The molecule has 220 valence electrons. The number of rotatable bonds is 14. The van der Waals surface area contributed by atoms with E-state index in [1.807, 2.05) is 38.1 Å². The lowest BCUT2D eigenvalue weighted by Crippen LogP contribution is -2.51. The zero-order chi connectivity index (χ0) is 30.0. The first-order valence-electron chi connectivity index (χ1n) is 13.5. The number of benzene rings is 3. The second-order valence-corrected chi connectivity index (χ2v) is 11.5. The van der Waals surface area contributed by atoms with E-state index in [-0.39, 0.29) is 28.8 Å². The number of carbonyl (C=O) groups excluding carboxylic acids is 2. The quantitative estimate of drug-likeness (QED) is 0.280. The highest BCUT2D eigenvalue weighted by Gasteiger charge is 2.33. The maximum Gasteiger partial charge on any atom is 0.264 e. The monoisotopic (exact) mass is 581 g/mol. The molecule has 1 N–H and O–H groups in total. The van der Waals surface area contributed by atoms with E-state index in [2.05, 4.69) is 5.32 Å². The normalized spacial score (nSPS) is 11.8. The van der Waals surface area contributed by atoms with Crippen LogP contribution in [0.1, 0.15) is 37.8 Å². The highest BCUT2D eigenvalue weighted by molar-refractivity contribution is 7.92. The van der Waals surface area contributed by atoms with E-state index in [1.165, 1.54) is 31.3 Å². The van der Waals surface area contributed by atoms with Crippen molar-refractivity contribution in [2.75, 3.05) is 31.6 Å². The Morgan fingerprint density at radius 1 is 0.927 bits per heavy atom. The molecule has 10 heteroatoms. The van der Waals surface area contributed by atoms with E-state index >= 15 is 0 Å². The summed E-state index contributed by atoms with van der Waals surface area (Å²) in [5, 5.41) is 2.89. The van der Waals surface area contributed by atoms with Gasteiger partial charge in [-0.3, -0.25) is 13.9 Å². The van der Waals surface area contributed by atoms with Crippen LogP contribution in [0, 0.1) is 6.92 Å². The molecule has 1 atom stereocenters. The van der Waals surface area contributed by atoms with E-state index in [9.17, 15) is 18.0 Å². The van der Waals surface area contributed by atoms with E-state index in [4.69, 9.17) is 9.47 Å². The highest BCUT2D eigenvalue weighted by atomic mass is 32.2. The van der Waals surface area contributed by atoms with Gasteiger partial charge in [0, 0.05) is 13.1 Å². The molecule has 0 aliphatic carbocycles. The number of hydrogen-bond acceptors (Lipinski definition) is 6. The predicted octanol–water partition coefficient (Wildman–Crippen LogP) is 4.54. The molecule has 0 saturated heterocycles. The van der Waals surface area contributed by atoms with Crippen molar-refractivity contribution in [3.05, 3.63) is 83.9 Å². The number of sulfonamides is 1. The van der Waals surface area contributed by atoms with Crippen LogP contribution in [-0.4, -0.2) is 58.5 Å². The first-order valence-corrected chi connectivity index (χ1v) is 15.0. The Labute approximate surface area is 243 Å². The number of carbonyl (C=O) groups is 2. The Hall–Kier alpha value is -4.05. The average molecular weight is 582 g/mol. The van der Waals surface area contributed by atoms with Gasteiger partial charge in [0.2, 0.25) is 11.8 Å². The molecule has 0 fully saturated rings. The van der Waals surface area contributed by atoms with E-state index in [1.54, 1.807) is 43.3 Å². The molecule has 0 aliphatic rings. The second-order valence-electron chi connectivity index (χ2n) is 9.69. The van der Waals surface area contributed by atoms with E-state index in [0.717, 1.165) is 28.3 Å². The molecular formula is C31H39N3O6S. The van der Waals surface area contributed by atoms with Gasteiger partial charge in [0.05, 0.1) is 24.8 Å². The number of anilines is 1. The van der Waals surface area contributed by atoms with Crippen LogP contribution in [0.4, 0.5) is 5.69 Å². The van der Waals surface area contributed by atoms with Crippen molar-refractivity contribution >= 4 is 27.5 Å². The third-order valence-corrected chi connectivity index (χ3v) is 8.52. The molecule has 1 unspecified atom stereocenters. The van der Waals surface area contributed by atoms with Gasteiger partial charge >= 0.3 is 0 Å². The summed E-state index contributed by atoms with van der Waals surface area (Å²) in [5.74, 6) is -0.0589. The molecule has 2 amide bonds. The number of amides is 2. The lowest BCUT2D eigenvalue weighted by molar-refractivity contribution is -0.139. The van der Waals surface area contributed by atoms with E-state index < -0.39 is 28.5 Å². The largest absolute Gasteiger partial charge is 0.497 e. The number of unbranched alkanes of at least 4 members (excludes halogenated alkanes) is 1. The SMILES string of the molecule is CCCCNC(=O)C(C)N(Cc1ccc(C)cc1)C(=O)CN(c1ccccc1OC)S(=O)(=O)c1ccc(OC)cc1. The van der Waals surface area contributed by atoms with Gasteiger partial charge in [0.1, 0.15) is 24.1 Å². The number of nitrogens with one attached hydrogen (secondary N) is 1. The van der Waals surface area contributed by atoms with Crippen molar-refractivity contribution in [2.45, 2.75) is 51.1 Å². The minimum absolute atomic E-state index is 0.0209. The molecule has 0 radical (unpaired) electrons. The van der Waals surface area contributed by atoms with E-state index in [0.29, 0.717) is 12.3 Å². The molecule has 0 spiro atoms. The Balaban J connectivity index is 2.03. The topological polar surface area (TPSA) is 105 Å². The maximum atomic E-state index is 14.0.